The minimum absolute atomic E-state index is 0.111. The number of hydrogen-bond donors (Lipinski definition) is 1. The van der Waals surface area contributed by atoms with Crippen LogP contribution in [0.1, 0.15) is 26.3 Å². The second-order valence-corrected chi connectivity index (χ2v) is 5.42. The first kappa shape index (κ1) is 11.0. The Hall–Kier alpha value is -1.49. The van der Waals surface area contributed by atoms with Crippen LogP contribution in [0.4, 0.5) is 5.13 Å². The van der Waals surface area contributed by atoms with Crippen LogP contribution in [0.2, 0.25) is 0 Å². The monoisotopic (exact) mass is 234 g/mol. The molecule has 0 bridgehead atoms. The number of rotatable bonds is 1. The highest BCUT2D eigenvalue weighted by Crippen LogP contribution is 2.23. The van der Waals surface area contributed by atoms with Crippen LogP contribution in [-0.2, 0) is 5.41 Å². The molecule has 0 amide bonds. The fourth-order valence-corrected chi connectivity index (χ4v) is 1.75. The standard InChI is InChI=1S/C11H14N4S/c1-11(2,3)7-4-5-8(13-6-7)9-14-10(12)16-15-9/h4-6H,1-3H3,(H2,12,14,15). The Labute approximate surface area is 98.7 Å². The third-order valence-electron chi connectivity index (χ3n) is 2.30. The van der Waals surface area contributed by atoms with E-state index in [9.17, 15) is 0 Å². The van der Waals surface area contributed by atoms with Crippen LogP contribution in [0.3, 0.4) is 0 Å². The van der Waals surface area contributed by atoms with E-state index in [1.165, 1.54) is 17.1 Å². The highest BCUT2D eigenvalue weighted by atomic mass is 32.1. The number of aromatic nitrogens is 3. The molecule has 0 fully saturated rings. The van der Waals surface area contributed by atoms with Crippen LogP contribution >= 0.6 is 11.5 Å². The van der Waals surface area contributed by atoms with E-state index in [4.69, 9.17) is 5.73 Å². The van der Waals surface area contributed by atoms with E-state index >= 15 is 0 Å². The van der Waals surface area contributed by atoms with Crippen LogP contribution in [0.25, 0.3) is 11.5 Å². The first-order chi connectivity index (χ1) is 7.47. The Morgan fingerprint density at radius 3 is 2.44 bits per heavy atom. The van der Waals surface area contributed by atoms with Crippen molar-refractivity contribution >= 4 is 16.7 Å². The second kappa shape index (κ2) is 3.83. The molecule has 16 heavy (non-hydrogen) atoms. The molecule has 0 aliphatic carbocycles. The Balaban J connectivity index is 2.33. The topological polar surface area (TPSA) is 64.7 Å². The SMILES string of the molecule is CC(C)(C)c1ccc(-c2nsc(N)n2)nc1. The molecule has 0 radical (unpaired) electrons. The van der Waals surface area contributed by atoms with Gasteiger partial charge in [-0.3, -0.25) is 4.98 Å². The van der Waals surface area contributed by atoms with Gasteiger partial charge in [0, 0.05) is 17.7 Å². The summed E-state index contributed by atoms with van der Waals surface area (Å²) < 4.78 is 4.12. The van der Waals surface area contributed by atoms with E-state index in [0.29, 0.717) is 11.0 Å². The summed E-state index contributed by atoms with van der Waals surface area (Å²) in [7, 11) is 0. The Morgan fingerprint density at radius 1 is 1.25 bits per heavy atom. The molecule has 0 saturated heterocycles. The molecular weight excluding hydrogens is 220 g/mol. The Kier molecular flexibility index (Phi) is 2.63. The molecule has 84 valence electrons. The van der Waals surface area contributed by atoms with Gasteiger partial charge in [-0.05, 0) is 17.0 Å². The largest absolute Gasteiger partial charge is 0.374 e. The van der Waals surface area contributed by atoms with E-state index in [0.717, 1.165) is 5.69 Å². The summed E-state index contributed by atoms with van der Waals surface area (Å²) in [5.74, 6) is 0.600. The maximum absolute atomic E-state index is 5.53. The van der Waals surface area contributed by atoms with E-state index in [1.54, 1.807) is 0 Å². The molecule has 0 unspecified atom stereocenters. The third kappa shape index (κ3) is 2.19. The van der Waals surface area contributed by atoms with Gasteiger partial charge in [0.1, 0.15) is 5.69 Å². The second-order valence-electron chi connectivity index (χ2n) is 4.64. The summed E-state index contributed by atoms with van der Waals surface area (Å²) in [6, 6.07) is 3.99. The molecule has 2 rings (SSSR count). The molecule has 0 aliphatic heterocycles. The summed E-state index contributed by atoms with van der Waals surface area (Å²) in [6.45, 7) is 6.47. The van der Waals surface area contributed by atoms with Gasteiger partial charge < -0.3 is 5.73 Å². The van der Waals surface area contributed by atoms with Gasteiger partial charge in [-0.15, -0.1) is 0 Å². The van der Waals surface area contributed by atoms with E-state index in [1.807, 2.05) is 12.3 Å². The van der Waals surface area contributed by atoms with E-state index in [2.05, 4.69) is 41.2 Å². The predicted octanol–water partition coefficient (Wildman–Crippen LogP) is 2.48. The van der Waals surface area contributed by atoms with Crippen molar-refractivity contribution < 1.29 is 0 Å². The van der Waals surface area contributed by atoms with Crippen molar-refractivity contribution in [3.8, 4) is 11.5 Å². The van der Waals surface area contributed by atoms with E-state index < -0.39 is 0 Å². The zero-order chi connectivity index (χ0) is 11.8. The third-order valence-corrected chi connectivity index (χ3v) is 2.84. The Bertz CT molecular complexity index is 481. The lowest BCUT2D eigenvalue weighted by Gasteiger charge is -2.18. The zero-order valence-electron chi connectivity index (χ0n) is 9.56. The van der Waals surface area contributed by atoms with Crippen LogP contribution in [0.5, 0.6) is 0 Å². The lowest BCUT2D eigenvalue weighted by Crippen LogP contribution is -2.11. The highest BCUT2D eigenvalue weighted by molar-refractivity contribution is 7.09. The van der Waals surface area contributed by atoms with Gasteiger partial charge in [0.15, 0.2) is 11.0 Å². The van der Waals surface area contributed by atoms with Crippen LogP contribution in [0, 0.1) is 0 Å². The Morgan fingerprint density at radius 2 is 2.00 bits per heavy atom. The number of pyridine rings is 1. The number of nitrogens with zero attached hydrogens (tertiary/aromatic N) is 3. The molecule has 5 heteroatoms. The normalized spacial score (nSPS) is 11.7. The van der Waals surface area contributed by atoms with E-state index in [-0.39, 0.29) is 5.41 Å². The molecular formula is C11H14N4S. The quantitative estimate of drug-likeness (QED) is 0.823. The maximum Gasteiger partial charge on any atom is 0.200 e. The smallest absolute Gasteiger partial charge is 0.200 e. The van der Waals surface area contributed by atoms with Gasteiger partial charge in [0.2, 0.25) is 0 Å². The number of nitrogens with two attached hydrogens (primary N) is 1. The van der Waals surface area contributed by atoms with Crippen molar-refractivity contribution in [1.82, 2.24) is 14.3 Å². The first-order valence-corrected chi connectivity index (χ1v) is 5.80. The molecule has 0 aromatic carbocycles. The fraction of sp³-hybridized carbons (Fsp3) is 0.364. The number of hydrogen-bond acceptors (Lipinski definition) is 5. The summed E-state index contributed by atoms with van der Waals surface area (Å²) in [5.41, 5.74) is 7.60. The highest BCUT2D eigenvalue weighted by Gasteiger charge is 2.14. The van der Waals surface area contributed by atoms with Crippen LogP contribution in [-0.4, -0.2) is 14.3 Å². The van der Waals surface area contributed by atoms with Crippen LogP contribution in [0.15, 0.2) is 18.3 Å². The van der Waals surface area contributed by atoms with Gasteiger partial charge in [-0.25, -0.2) is 0 Å². The van der Waals surface area contributed by atoms with Gasteiger partial charge in [-0.2, -0.15) is 9.36 Å². The van der Waals surface area contributed by atoms with Gasteiger partial charge in [-0.1, -0.05) is 26.8 Å². The minimum Gasteiger partial charge on any atom is -0.374 e. The molecule has 2 N–H and O–H groups in total. The molecule has 2 heterocycles. The van der Waals surface area contributed by atoms with Gasteiger partial charge >= 0.3 is 0 Å². The van der Waals surface area contributed by atoms with Crippen LogP contribution < -0.4 is 5.73 Å². The molecule has 0 spiro atoms. The van der Waals surface area contributed by atoms with Crippen molar-refractivity contribution in [3.05, 3.63) is 23.9 Å². The van der Waals surface area contributed by atoms with Gasteiger partial charge in [0.05, 0.1) is 0 Å². The summed E-state index contributed by atoms with van der Waals surface area (Å²) >= 11 is 1.19. The average Bonchev–Trinajstić information content (AvgIpc) is 2.64. The first-order valence-electron chi connectivity index (χ1n) is 5.03. The van der Waals surface area contributed by atoms with Crippen molar-refractivity contribution in [2.24, 2.45) is 0 Å². The van der Waals surface area contributed by atoms with Crippen molar-refractivity contribution in [3.63, 3.8) is 0 Å². The molecule has 4 nitrogen and oxygen atoms in total. The molecule has 0 atom stereocenters. The lowest BCUT2D eigenvalue weighted by atomic mass is 9.88. The molecule has 2 aromatic rings. The molecule has 2 aromatic heterocycles. The molecule has 0 aliphatic rings. The minimum atomic E-state index is 0.111. The number of anilines is 1. The molecule has 0 saturated carbocycles. The fourth-order valence-electron chi connectivity index (χ4n) is 1.31. The maximum atomic E-state index is 5.53. The average molecular weight is 234 g/mol. The van der Waals surface area contributed by atoms with Crippen molar-refractivity contribution in [2.75, 3.05) is 5.73 Å². The van der Waals surface area contributed by atoms with Crippen molar-refractivity contribution in [1.29, 1.82) is 0 Å². The summed E-state index contributed by atoms with van der Waals surface area (Å²) in [4.78, 5) is 8.45. The zero-order valence-corrected chi connectivity index (χ0v) is 10.4. The number of nitrogen functional groups attached to an aromatic ring is 1. The van der Waals surface area contributed by atoms with Crippen molar-refractivity contribution in [2.45, 2.75) is 26.2 Å². The van der Waals surface area contributed by atoms with Gasteiger partial charge in [0.25, 0.3) is 0 Å². The summed E-state index contributed by atoms with van der Waals surface area (Å²) in [6.07, 6.45) is 1.87. The predicted molar refractivity (Wildman–Crippen MR) is 66.3 cm³/mol. The lowest BCUT2D eigenvalue weighted by molar-refractivity contribution is 0.587. The summed E-state index contributed by atoms with van der Waals surface area (Å²) in [5, 5.41) is 0.469.